The first-order valence-corrected chi connectivity index (χ1v) is 19.7. The molecule has 0 saturated heterocycles. The molecule has 2 heteroatoms. The maximum atomic E-state index is 2.40. The van der Waals surface area contributed by atoms with Gasteiger partial charge in [0.05, 0.1) is 0 Å². The summed E-state index contributed by atoms with van der Waals surface area (Å²) in [5, 5.41) is 0. The predicted molar refractivity (Wildman–Crippen MR) is 244 cm³/mol. The van der Waals surface area contributed by atoms with Gasteiger partial charge in [0.1, 0.15) is 0 Å². The Morgan fingerprint density at radius 2 is 0.579 bits per heavy atom. The van der Waals surface area contributed by atoms with Gasteiger partial charge in [0, 0.05) is 39.5 Å². The number of hydrogen-bond acceptors (Lipinski definition) is 2. The molecule has 1 aliphatic rings. The lowest BCUT2D eigenvalue weighted by Crippen LogP contribution is -2.17. The average Bonchev–Trinajstić information content (AvgIpc) is 3.49. The fraction of sp³-hybridized carbons (Fsp3) is 0.0545. The van der Waals surface area contributed by atoms with Crippen molar-refractivity contribution in [3.05, 3.63) is 240 Å². The molecule has 0 spiro atoms. The molecule has 0 radical (unpaired) electrons. The van der Waals surface area contributed by atoms with E-state index >= 15 is 0 Å². The molecule has 8 aromatic carbocycles. The van der Waals surface area contributed by atoms with Gasteiger partial charge in [-0.05, 0) is 117 Å². The van der Waals surface area contributed by atoms with Crippen LogP contribution in [0.4, 0.5) is 34.1 Å². The first-order valence-electron chi connectivity index (χ1n) is 19.7. The Labute approximate surface area is 337 Å². The third-order valence-corrected chi connectivity index (χ3v) is 11.0. The van der Waals surface area contributed by atoms with Crippen LogP contribution in [-0.2, 0) is 5.41 Å². The Bertz CT molecular complexity index is 2470. The van der Waals surface area contributed by atoms with E-state index in [0.717, 1.165) is 45.3 Å². The SMILES string of the molecule is CC1(C)c2cc(N(c3ccccc3)c3ccc(/C=C\c4ccccc4)cc3)ccc2-c2ccc(N(c3ccccc3)c3ccc(/C=C\c4ccccc4)cc3)cc21. The van der Waals surface area contributed by atoms with Crippen molar-refractivity contribution in [2.75, 3.05) is 9.80 Å². The molecule has 9 rings (SSSR count). The molecule has 0 unspecified atom stereocenters. The highest BCUT2D eigenvalue weighted by Crippen LogP contribution is 2.52. The van der Waals surface area contributed by atoms with Crippen LogP contribution in [0.3, 0.4) is 0 Å². The maximum Gasteiger partial charge on any atom is 0.0465 e. The van der Waals surface area contributed by atoms with Crippen LogP contribution in [0.2, 0.25) is 0 Å². The van der Waals surface area contributed by atoms with Gasteiger partial charge in [0.2, 0.25) is 0 Å². The Morgan fingerprint density at radius 3 is 0.930 bits per heavy atom. The van der Waals surface area contributed by atoms with Gasteiger partial charge >= 0.3 is 0 Å². The van der Waals surface area contributed by atoms with Crippen LogP contribution < -0.4 is 9.80 Å². The van der Waals surface area contributed by atoms with Crippen LogP contribution >= 0.6 is 0 Å². The van der Waals surface area contributed by atoms with Crippen molar-refractivity contribution in [2.45, 2.75) is 19.3 Å². The quantitative estimate of drug-likeness (QED) is 0.129. The number of rotatable bonds is 10. The summed E-state index contributed by atoms with van der Waals surface area (Å²) in [7, 11) is 0. The standard InChI is InChI=1S/C55H44N2/c1-55(2)53-39-49(56(45-19-11-5-12-20-45)47-31-27-43(28-32-47)25-23-41-15-7-3-8-16-41)35-37-51(53)52-38-36-50(40-54(52)55)57(46-21-13-6-14-22-46)48-33-29-44(30-34-48)26-24-42-17-9-4-10-18-42/h3-40H,1-2H3/b25-23-,26-24-. The number of nitrogens with zero attached hydrogens (tertiary/aromatic N) is 2. The summed E-state index contributed by atoms with van der Waals surface area (Å²) >= 11 is 0. The van der Waals surface area contributed by atoms with Crippen LogP contribution in [-0.4, -0.2) is 0 Å². The lowest BCUT2D eigenvalue weighted by atomic mass is 9.82. The zero-order valence-corrected chi connectivity index (χ0v) is 32.3. The van der Waals surface area contributed by atoms with E-state index in [-0.39, 0.29) is 5.41 Å². The topological polar surface area (TPSA) is 6.48 Å². The normalized spacial score (nSPS) is 12.7. The lowest BCUT2D eigenvalue weighted by molar-refractivity contribution is 0.660. The zero-order chi connectivity index (χ0) is 38.6. The van der Waals surface area contributed by atoms with Gasteiger partial charge < -0.3 is 9.80 Å². The van der Waals surface area contributed by atoms with Gasteiger partial charge in [-0.3, -0.25) is 0 Å². The van der Waals surface area contributed by atoms with Gasteiger partial charge in [-0.15, -0.1) is 0 Å². The maximum absolute atomic E-state index is 2.40. The second-order valence-electron chi connectivity index (χ2n) is 15.1. The predicted octanol–water partition coefficient (Wildman–Crippen LogP) is 15.3. The van der Waals surface area contributed by atoms with Crippen molar-refractivity contribution in [1.29, 1.82) is 0 Å². The van der Waals surface area contributed by atoms with E-state index in [1.807, 2.05) is 12.1 Å². The minimum atomic E-state index is -0.223. The first-order chi connectivity index (χ1) is 28.0. The van der Waals surface area contributed by atoms with Crippen molar-refractivity contribution in [1.82, 2.24) is 0 Å². The molecule has 0 amide bonds. The molecule has 0 fully saturated rings. The summed E-state index contributed by atoms with van der Waals surface area (Å²) in [6.07, 6.45) is 8.67. The average molecular weight is 733 g/mol. The molecule has 0 atom stereocenters. The van der Waals surface area contributed by atoms with Crippen molar-refractivity contribution < 1.29 is 0 Å². The summed E-state index contributed by atoms with van der Waals surface area (Å²) in [5.41, 5.74) is 16.5. The van der Waals surface area contributed by atoms with Gasteiger partial charge in [-0.2, -0.15) is 0 Å². The van der Waals surface area contributed by atoms with Crippen LogP contribution in [0.1, 0.15) is 47.2 Å². The Balaban J connectivity index is 1.05. The molecule has 0 bridgehead atoms. The monoisotopic (exact) mass is 732 g/mol. The number of fused-ring (bicyclic) bond motifs is 3. The van der Waals surface area contributed by atoms with E-state index in [0.29, 0.717) is 0 Å². The van der Waals surface area contributed by atoms with Crippen LogP contribution in [0, 0.1) is 0 Å². The second-order valence-corrected chi connectivity index (χ2v) is 15.1. The van der Waals surface area contributed by atoms with Crippen LogP contribution in [0.15, 0.2) is 206 Å². The highest BCUT2D eigenvalue weighted by molar-refractivity contribution is 5.88. The number of para-hydroxylation sites is 2. The molecule has 57 heavy (non-hydrogen) atoms. The van der Waals surface area contributed by atoms with Gasteiger partial charge in [-0.1, -0.05) is 172 Å². The minimum absolute atomic E-state index is 0.223. The number of benzene rings is 8. The molecule has 0 saturated carbocycles. The van der Waals surface area contributed by atoms with Gasteiger partial charge in [0.15, 0.2) is 0 Å². The molecule has 0 aliphatic heterocycles. The van der Waals surface area contributed by atoms with E-state index in [4.69, 9.17) is 0 Å². The summed E-state index contributed by atoms with van der Waals surface area (Å²) < 4.78 is 0. The zero-order valence-electron chi connectivity index (χ0n) is 32.3. The highest BCUT2D eigenvalue weighted by Gasteiger charge is 2.37. The molecule has 274 valence electrons. The second kappa shape index (κ2) is 15.5. The van der Waals surface area contributed by atoms with Crippen molar-refractivity contribution >= 4 is 58.4 Å². The largest absolute Gasteiger partial charge is 0.310 e. The van der Waals surface area contributed by atoms with E-state index in [2.05, 4.69) is 242 Å². The van der Waals surface area contributed by atoms with E-state index in [1.54, 1.807) is 0 Å². The third-order valence-electron chi connectivity index (χ3n) is 11.0. The molecule has 0 N–H and O–H groups in total. The smallest absolute Gasteiger partial charge is 0.0465 e. The highest BCUT2D eigenvalue weighted by atomic mass is 15.1. The van der Waals surface area contributed by atoms with Gasteiger partial charge in [-0.25, -0.2) is 0 Å². The fourth-order valence-electron chi connectivity index (χ4n) is 8.02. The Hall–Kier alpha value is -7.16. The summed E-state index contributed by atoms with van der Waals surface area (Å²) in [6.45, 7) is 4.74. The summed E-state index contributed by atoms with van der Waals surface area (Å²) in [4.78, 5) is 4.73. The Morgan fingerprint density at radius 1 is 0.298 bits per heavy atom. The lowest BCUT2D eigenvalue weighted by Gasteiger charge is -2.29. The summed E-state index contributed by atoms with van der Waals surface area (Å²) in [5.74, 6) is 0. The first kappa shape index (κ1) is 35.5. The Kier molecular flexibility index (Phi) is 9.68. The van der Waals surface area contributed by atoms with Gasteiger partial charge in [0.25, 0.3) is 0 Å². The van der Waals surface area contributed by atoms with Crippen molar-refractivity contribution in [3.63, 3.8) is 0 Å². The number of anilines is 6. The molecular formula is C55H44N2. The summed E-state index contributed by atoms with van der Waals surface area (Å²) in [6, 6.07) is 73.9. The molecule has 1 aliphatic carbocycles. The molecule has 2 nitrogen and oxygen atoms in total. The van der Waals surface area contributed by atoms with Crippen molar-refractivity contribution in [2.24, 2.45) is 0 Å². The van der Waals surface area contributed by atoms with E-state index in [9.17, 15) is 0 Å². The van der Waals surface area contributed by atoms with E-state index in [1.165, 1.54) is 33.4 Å². The van der Waals surface area contributed by atoms with Crippen LogP contribution in [0.25, 0.3) is 35.4 Å². The minimum Gasteiger partial charge on any atom is -0.310 e. The molecule has 0 heterocycles. The molecular weight excluding hydrogens is 689 g/mol. The third kappa shape index (κ3) is 7.34. The molecule has 8 aromatic rings. The van der Waals surface area contributed by atoms with E-state index < -0.39 is 0 Å². The molecule has 0 aromatic heterocycles. The fourth-order valence-corrected chi connectivity index (χ4v) is 8.02. The van der Waals surface area contributed by atoms with Crippen molar-refractivity contribution in [3.8, 4) is 11.1 Å². The van der Waals surface area contributed by atoms with Crippen LogP contribution in [0.5, 0.6) is 0 Å². The number of hydrogen-bond donors (Lipinski definition) is 0.